The van der Waals surface area contributed by atoms with E-state index in [-0.39, 0.29) is 11.9 Å². The molecule has 0 radical (unpaired) electrons. The molecule has 1 amide bonds. The largest absolute Gasteiger partial charge is 0.496 e. The second-order valence-corrected chi connectivity index (χ2v) is 6.81. The van der Waals surface area contributed by atoms with E-state index in [1.807, 2.05) is 55.5 Å². The first kappa shape index (κ1) is 18.1. The Morgan fingerprint density at radius 2 is 1.73 bits per heavy atom. The lowest BCUT2D eigenvalue weighted by Gasteiger charge is -2.16. The maximum absolute atomic E-state index is 12.7. The number of aromatic nitrogens is 1. The molecular formula is C21H19BrN2O2. The number of benzene rings is 2. The number of hydrogen-bond donors (Lipinski definition) is 1. The number of carbonyl (C=O) groups excluding carboxylic acids is 1. The van der Waals surface area contributed by atoms with Crippen LogP contribution in [-0.4, -0.2) is 18.0 Å². The summed E-state index contributed by atoms with van der Waals surface area (Å²) < 4.78 is 6.46. The highest BCUT2D eigenvalue weighted by molar-refractivity contribution is 9.10. The Hall–Kier alpha value is -2.66. The number of amides is 1. The van der Waals surface area contributed by atoms with Gasteiger partial charge < -0.3 is 10.1 Å². The highest BCUT2D eigenvalue weighted by atomic mass is 79.9. The number of ether oxygens (including phenoxy) is 1. The fourth-order valence-electron chi connectivity index (χ4n) is 2.71. The van der Waals surface area contributed by atoms with E-state index in [0.717, 1.165) is 21.2 Å². The monoisotopic (exact) mass is 410 g/mol. The number of hydrogen-bond acceptors (Lipinski definition) is 3. The van der Waals surface area contributed by atoms with Gasteiger partial charge in [-0.3, -0.25) is 9.78 Å². The summed E-state index contributed by atoms with van der Waals surface area (Å²) in [6.45, 7) is 1.96. The van der Waals surface area contributed by atoms with Crippen molar-refractivity contribution in [1.29, 1.82) is 0 Å². The maximum Gasteiger partial charge on any atom is 0.255 e. The van der Waals surface area contributed by atoms with Crippen molar-refractivity contribution in [3.63, 3.8) is 0 Å². The van der Waals surface area contributed by atoms with Gasteiger partial charge in [0.2, 0.25) is 0 Å². The number of rotatable bonds is 5. The molecule has 0 unspecified atom stereocenters. The van der Waals surface area contributed by atoms with Crippen molar-refractivity contribution in [2.24, 2.45) is 0 Å². The van der Waals surface area contributed by atoms with Gasteiger partial charge >= 0.3 is 0 Å². The van der Waals surface area contributed by atoms with E-state index in [1.54, 1.807) is 25.6 Å². The van der Waals surface area contributed by atoms with Crippen LogP contribution in [0.5, 0.6) is 5.75 Å². The molecule has 132 valence electrons. The first-order chi connectivity index (χ1) is 12.6. The van der Waals surface area contributed by atoms with Gasteiger partial charge in [-0.15, -0.1) is 0 Å². The second-order valence-electron chi connectivity index (χ2n) is 5.90. The summed E-state index contributed by atoms with van der Waals surface area (Å²) in [6.07, 6.45) is 3.48. The SMILES string of the molecule is COc1cc(-c2ccncc2)ccc1C(=O)N[C@@H](C)c1ccc(Br)cc1. The van der Waals surface area contributed by atoms with Crippen LogP contribution in [0.3, 0.4) is 0 Å². The van der Waals surface area contributed by atoms with Crippen molar-refractivity contribution in [1.82, 2.24) is 10.3 Å². The molecule has 26 heavy (non-hydrogen) atoms. The van der Waals surface area contributed by atoms with Crippen LogP contribution in [0.4, 0.5) is 0 Å². The van der Waals surface area contributed by atoms with Crippen LogP contribution in [0.2, 0.25) is 0 Å². The summed E-state index contributed by atoms with van der Waals surface area (Å²) in [6, 6.07) is 17.2. The molecular weight excluding hydrogens is 392 g/mol. The van der Waals surface area contributed by atoms with E-state index in [9.17, 15) is 4.79 Å². The Morgan fingerprint density at radius 3 is 2.38 bits per heavy atom. The fraction of sp³-hybridized carbons (Fsp3) is 0.143. The average molecular weight is 411 g/mol. The van der Waals surface area contributed by atoms with Crippen LogP contribution in [0.25, 0.3) is 11.1 Å². The van der Waals surface area contributed by atoms with E-state index < -0.39 is 0 Å². The Bertz CT molecular complexity index is 896. The number of carbonyl (C=O) groups is 1. The lowest BCUT2D eigenvalue weighted by molar-refractivity contribution is 0.0937. The first-order valence-electron chi connectivity index (χ1n) is 8.23. The van der Waals surface area contributed by atoms with Gasteiger partial charge in [0.05, 0.1) is 18.7 Å². The average Bonchev–Trinajstić information content (AvgIpc) is 2.68. The van der Waals surface area contributed by atoms with Gasteiger partial charge in [0.25, 0.3) is 5.91 Å². The third kappa shape index (κ3) is 4.11. The molecule has 0 saturated heterocycles. The molecule has 1 atom stereocenters. The van der Waals surface area contributed by atoms with Crippen LogP contribution in [0.15, 0.2) is 71.5 Å². The third-order valence-corrected chi connectivity index (χ3v) is 4.71. The first-order valence-corrected chi connectivity index (χ1v) is 9.02. The summed E-state index contributed by atoms with van der Waals surface area (Å²) in [5.41, 5.74) is 3.54. The fourth-order valence-corrected chi connectivity index (χ4v) is 2.98. The van der Waals surface area contributed by atoms with E-state index in [4.69, 9.17) is 4.74 Å². The molecule has 3 rings (SSSR count). The minimum absolute atomic E-state index is 0.111. The molecule has 0 bridgehead atoms. The van der Waals surface area contributed by atoms with Crippen molar-refractivity contribution in [2.75, 3.05) is 7.11 Å². The Kier molecular flexibility index (Phi) is 5.68. The molecule has 0 saturated carbocycles. The van der Waals surface area contributed by atoms with Crippen molar-refractivity contribution < 1.29 is 9.53 Å². The Labute approximate surface area is 161 Å². The van der Waals surface area contributed by atoms with E-state index in [0.29, 0.717) is 11.3 Å². The standard InChI is InChI=1S/C21H19BrN2O2/c1-14(15-3-6-18(22)7-4-15)24-21(25)19-8-5-17(13-20(19)26-2)16-9-11-23-12-10-16/h3-14H,1-2H3,(H,24,25)/t14-/m0/s1. The van der Waals surface area contributed by atoms with Gasteiger partial charge in [0.1, 0.15) is 5.75 Å². The summed E-state index contributed by atoms with van der Waals surface area (Å²) in [7, 11) is 1.57. The zero-order chi connectivity index (χ0) is 18.5. The lowest BCUT2D eigenvalue weighted by atomic mass is 10.0. The molecule has 4 nitrogen and oxygen atoms in total. The summed E-state index contributed by atoms with van der Waals surface area (Å²) in [5.74, 6) is 0.373. The van der Waals surface area contributed by atoms with Gasteiger partial charge in [-0.25, -0.2) is 0 Å². The molecule has 0 aliphatic rings. The van der Waals surface area contributed by atoms with Gasteiger partial charge in [-0.05, 0) is 60.0 Å². The van der Waals surface area contributed by atoms with Crippen LogP contribution in [0, 0.1) is 0 Å². The number of nitrogens with one attached hydrogen (secondary N) is 1. The molecule has 2 aromatic carbocycles. The second kappa shape index (κ2) is 8.15. The third-order valence-electron chi connectivity index (χ3n) is 4.18. The smallest absolute Gasteiger partial charge is 0.255 e. The zero-order valence-electron chi connectivity index (χ0n) is 14.6. The molecule has 0 spiro atoms. The minimum Gasteiger partial charge on any atom is -0.496 e. The highest BCUT2D eigenvalue weighted by Crippen LogP contribution is 2.27. The summed E-state index contributed by atoms with van der Waals surface area (Å²) in [4.78, 5) is 16.7. The van der Waals surface area contributed by atoms with Gasteiger partial charge in [-0.2, -0.15) is 0 Å². The van der Waals surface area contributed by atoms with Crippen LogP contribution >= 0.6 is 15.9 Å². The van der Waals surface area contributed by atoms with Crippen LogP contribution < -0.4 is 10.1 Å². The lowest BCUT2D eigenvalue weighted by Crippen LogP contribution is -2.27. The van der Waals surface area contributed by atoms with E-state index in [1.165, 1.54) is 0 Å². The molecule has 3 aromatic rings. The maximum atomic E-state index is 12.7. The number of methoxy groups -OCH3 is 1. The predicted octanol–water partition coefficient (Wildman–Crippen LogP) is 5.01. The predicted molar refractivity (Wildman–Crippen MR) is 106 cm³/mol. The number of nitrogens with zero attached hydrogens (tertiary/aromatic N) is 1. The van der Waals surface area contributed by atoms with Crippen molar-refractivity contribution in [3.8, 4) is 16.9 Å². The van der Waals surface area contributed by atoms with Gasteiger partial charge in [0, 0.05) is 16.9 Å². The van der Waals surface area contributed by atoms with Crippen LogP contribution in [0.1, 0.15) is 28.9 Å². The van der Waals surface area contributed by atoms with E-state index in [2.05, 4.69) is 26.2 Å². The van der Waals surface area contributed by atoms with Crippen LogP contribution in [-0.2, 0) is 0 Å². The summed E-state index contributed by atoms with van der Waals surface area (Å²) in [5, 5.41) is 3.02. The highest BCUT2D eigenvalue weighted by Gasteiger charge is 2.16. The van der Waals surface area contributed by atoms with Gasteiger partial charge in [-0.1, -0.05) is 34.1 Å². The molecule has 1 heterocycles. The molecule has 1 N–H and O–H groups in total. The van der Waals surface area contributed by atoms with E-state index >= 15 is 0 Å². The number of pyridine rings is 1. The molecule has 0 aliphatic heterocycles. The normalized spacial score (nSPS) is 11.7. The quantitative estimate of drug-likeness (QED) is 0.642. The Morgan fingerprint density at radius 1 is 1.04 bits per heavy atom. The zero-order valence-corrected chi connectivity index (χ0v) is 16.2. The number of halogens is 1. The van der Waals surface area contributed by atoms with Crippen molar-refractivity contribution in [3.05, 3.63) is 82.6 Å². The van der Waals surface area contributed by atoms with Crippen molar-refractivity contribution in [2.45, 2.75) is 13.0 Å². The summed E-state index contributed by atoms with van der Waals surface area (Å²) >= 11 is 3.42. The Balaban J connectivity index is 1.81. The topological polar surface area (TPSA) is 51.2 Å². The molecule has 5 heteroatoms. The minimum atomic E-state index is -0.168. The van der Waals surface area contributed by atoms with Crippen molar-refractivity contribution >= 4 is 21.8 Å². The molecule has 1 aromatic heterocycles. The molecule has 0 fully saturated rings. The molecule has 0 aliphatic carbocycles. The van der Waals surface area contributed by atoms with Gasteiger partial charge in [0.15, 0.2) is 0 Å².